The van der Waals surface area contributed by atoms with Crippen molar-refractivity contribution in [3.05, 3.63) is 58.4 Å². The summed E-state index contributed by atoms with van der Waals surface area (Å²) in [6.07, 6.45) is 0. The summed E-state index contributed by atoms with van der Waals surface area (Å²) in [7, 11) is 0. The number of hydrogen-bond donors (Lipinski definition) is 0. The summed E-state index contributed by atoms with van der Waals surface area (Å²) in [4.78, 5) is 22.2. The number of hydrogen-bond acceptors (Lipinski definition) is 3. The molecule has 0 atom stereocenters. The molecule has 0 radical (unpaired) electrons. The van der Waals surface area contributed by atoms with Crippen molar-refractivity contribution in [2.45, 2.75) is 27.3 Å². The predicted molar refractivity (Wildman–Crippen MR) is 73.8 cm³/mol. The van der Waals surface area contributed by atoms with Crippen LogP contribution in [0, 0.1) is 13.8 Å². The highest BCUT2D eigenvalue weighted by molar-refractivity contribution is 5.95. The molecule has 0 amide bonds. The maximum absolute atomic E-state index is 11.5. The van der Waals surface area contributed by atoms with E-state index in [1.54, 1.807) is 19.1 Å². The number of nitrogens with zero attached hydrogens (tertiary/aromatic N) is 1. The van der Waals surface area contributed by atoms with Crippen LogP contribution in [0.4, 0.5) is 0 Å². The Labute approximate surface area is 117 Å². The smallest absolute Gasteiger partial charge is 0.161 e. The number of carbonyl (C=O) groups excluding carboxylic acids is 2. The van der Waals surface area contributed by atoms with E-state index in [1.807, 2.05) is 24.5 Å². The zero-order valence-corrected chi connectivity index (χ0v) is 11.8. The lowest BCUT2D eigenvalue weighted by atomic mass is 10.1. The van der Waals surface area contributed by atoms with Gasteiger partial charge in [0.1, 0.15) is 0 Å². The first-order chi connectivity index (χ1) is 9.40. The highest BCUT2D eigenvalue weighted by Gasteiger charge is 2.12. The van der Waals surface area contributed by atoms with Crippen LogP contribution < -0.4 is 5.11 Å². The molecule has 1 aromatic heterocycles. The Hall–Kier alpha value is -2.36. The minimum atomic E-state index is -1.18. The van der Waals surface area contributed by atoms with Crippen molar-refractivity contribution < 1.29 is 14.7 Å². The summed E-state index contributed by atoms with van der Waals surface area (Å²) in [5.41, 5.74) is 3.82. The van der Waals surface area contributed by atoms with E-state index in [9.17, 15) is 14.7 Å². The summed E-state index contributed by atoms with van der Waals surface area (Å²) in [6.45, 7) is 6.04. The lowest BCUT2D eigenvalue weighted by molar-refractivity contribution is -0.255. The van der Waals surface area contributed by atoms with E-state index >= 15 is 0 Å². The Kier molecular flexibility index (Phi) is 3.74. The van der Waals surface area contributed by atoms with E-state index in [0.29, 0.717) is 6.54 Å². The number of rotatable bonds is 4. The molecule has 0 fully saturated rings. The van der Waals surface area contributed by atoms with E-state index in [-0.39, 0.29) is 11.3 Å². The van der Waals surface area contributed by atoms with Gasteiger partial charge in [0.15, 0.2) is 5.78 Å². The molecule has 1 aromatic carbocycles. The minimum absolute atomic E-state index is 0.0525. The van der Waals surface area contributed by atoms with Crippen LogP contribution in [0.5, 0.6) is 0 Å². The molecule has 4 nitrogen and oxygen atoms in total. The average molecular weight is 270 g/mol. The average Bonchev–Trinajstić information content (AvgIpc) is 2.67. The first-order valence-electron chi connectivity index (χ1n) is 6.38. The van der Waals surface area contributed by atoms with Crippen molar-refractivity contribution >= 4 is 11.8 Å². The van der Waals surface area contributed by atoms with Crippen LogP contribution in [0.15, 0.2) is 30.3 Å². The third kappa shape index (κ3) is 2.64. The largest absolute Gasteiger partial charge is 0.545 e. The number of aromatic nitrogens is 1. The molecule has 0 saturated heterocycles. The number of carbonyl (C=O) groups is 2. The molecule has 0 bridgehead atoms. The third-order valence-corrected chi connectivity index (χ3v) is 3.48. The molecule has 0 N–H and O–H groups in total. The molecule has 20 heavy (non-hydrogen) atoms. The van der Waals surface area contributed by atoms with Gasteiger partial charge in [-0.1, -0.05) is 24.3 Å². The van der Waals surface area contributed by atoms with Gasteiger partial charge in [0.05, 0.1) is 5.97 Å². The van der Waals surface area contributed by atoms with Crippen LogP contribution in [-0.2, 0) is 6.54 Å². The van der Waals surface area contributed by atoms with Crippen LogP contribution in [0.2, 0.25) is 0 Å². The topological polar surface area (TPSA) is 62.1 Å². The highest BCUT2D eigenvalue weighted by Crippen LogP contribution is 2.17. The molecule has 2 rings (SSSR count). The standard InChI is InChI=1S/C16H17NO3/c1-10-8-15(12(3)18)11(2)17(10)9-13-4-6-14(7-5-13)16(19)20/h4-8H,9H2,1-3H3,(H,19,20)/p-1. The Bertz CT molecular complexity index is 666. The second-order valence-electron chi connectivity index (χ2n) is 4.91. The number of ketones is 1. The summed E-state index contributed by atoms with van der Waals surface area (Å²) >= 11 is 0. The number of benzene rings is 1. The summed E-state index contributed by atoms with van der Waals surface area (Å²) in [6, 6.07) is 8.47. The van der Waals surface area contributed by atoms with Gasteiger partial charge >= 0.3 is 0 Å². The van der Waals surface area contributed by atoms with Crippen LogP contribution >= 0.6 is 0 Å². The van der Waals surface area contributed by atoms with Gasteiger partial charge in [0.25, 0.3) is 0 Å². The van der Waals surface area contributed by atoms with E-state index in [1.165, 1.54) is 12.1 Å². The Morgan fingerprint density at radius 3 is 2.20 bits per heavy atom. The summed E-state index contributed by atoms with van der Waals surface area (Å²) in [5.74, 6) is -1.12. The third-order valence-electron chi connectivity index (χ3n) is 3.48. The van der Waals surface area contributed by atoms with Crippen molar-refractivity contribution in [1.29, 1.82) is 0 Å². The van der Waals surface area contributed by atoms with Crippen molar-refractivity contribution in [3.63, 3.8) is 0 Å². The Morgan fingerprint density at radius 1 is 1.15 bits per heavy atom. The number of Topliss-reactive ketones (excluding diaryl/α,β-unsaturated/α-hetero) is 1. The van der Waals surface area contributed by atoms with Gasteiger partial charge in [-0.3, -0.25) is 4.79 Å². The fourth-order valence-electron chi connectivity index (χ4n) is 2.33. The fourth-order valence-corrected chi connectivity index (χ4v) is 2.33. The van der Waals surface area contributed by atoms with Crippen LogP contribution in [-0.4, -0.2) is 16.3 Å². The number of aromatic carboxylic acids is 1. The molecule has 1 heterocycles. The molecule has 0 unspecified atom stereocenters. The van der Waals surface area contributed by atoms with Crippen LogP contribution in [0.25, 0.3) is 0 Å². The zero-order valence-electron chi connectivity index (χ0n) is 11.8. The van der Waals surface area contributed by atoms with E-state index in [0.717, 1.165) is 22.5 Å². The first-order valence-corrected chi connectivity index (χ1v) is 6.38. The predicted octanol–water partition coefficient (Wildman–Crippen LogP) is 1.72. The van der Waals surface area contributed by atoms with Gasteiger partial charge in [0.2, 0.25) is 0 Å². The number of carboxylic acids is 1. The van der Waals surface area contributed by atoms with E-state index in [2.05, 4.69) is 0 Å². The summed E-state index contributed by atoms with van der Waals surface area (Å²) in [5, 5.41) is 10.7. The molecule has 2 aromatic rings. The Morgan fingerprint density at radius 2 is 1.75 bits per heavy atom. The molecule has 104 valence electrons. The maximum atomic E-state index is 11.5. The molecule has 0 aliphatic carbocycles. The lowest BCUT2D eigenvalue weighted by Gasteiger charge is -2.11. The van der Waals surface area contributed by atoms with Gasteiger partial charge in [-0.25, -0.2) is 0 Å². The normalized spacial score (nSPS) is 10.6. The molecule has 0 spiro atoms. The van der Waals surface area contributed by atoms with Crippen LogP contribution in [0.3, 0.4) is 0 Å². The first kappa shape index (κ1) is 14.1. The Balaban J connectivity index is 2.30. The van der Waals surface area contributed by atoms with E-state index in [4.69, 9.17) is 0 Å². The van der Waals surface area contributed by atoms with Crippen molar-refractivity contribution in [1.82, 2.24) is 4.57 Å². The molecular weight excluding hydrogens is 254 g/mol. The number of aryl methyl sites for hydroxylation is 1. The van der Waals surface area contributed by atoms with Gasteiger partial charge in [-0.05, 0) is 38.0 Å². The number of carboxylic acid groups (broad SMARTS) is 1. The van der Waals surface area contributed by atoms with Gasteiger partial charge in [-0.15, -0.1) is 0 Å². The van der Waals surface area contributed by atoms with Gasteiger partial charge < -0.3 is 14.5 Å². The second kappa shape index (κ2) is 5.33. The van der Waals surface area contributed by atoms with Gasteiger partial charge in [-0.2, -0.15) is 0 Å². The van der Waals surface area contributed by atoms with Crippen molar-refractivity contribution in [2.75, 3.05) is 0 Å². The minimum Gasteiger partial charge on any atom is -0.545 e. The quantitative estimate of drug-likeness (QED) is 0.795. The highest BCUT2D eigenvalue weighted by atomic mass is 16.4. The molecule has 0 aliphatic heterocycles. The second-order valence-corrected chi connectivity index (χ2v) is 4.91. The monoisotopic (exact) mass is 270 g/mol. The van der Waals surface area contributed by atoms with Gasteiger partial charge in [0, 0.05) is 23.5 Å². The zero-order chi connectivity index (χ0) is 14.9. The maximum Gasteiger partial charge on any atom is 0.161 e. The van der Waals surface area contributed by atoms with E-state index < -0.39 is 5.97 Å². The van der Waals surface area contributed by atoms with Crippen molar-refractivity contribution in [2.24, 2.45) is 0 Å². The van der Waals surface area contributed by atoms with Crippen molar-refractivity contribution in [3.8, 4) is 0 Å². The molecule has 4 heteroatoms. The SMILES string of the molecule is CC(=O)c1cc(C)n(Cc2ccc(C(=O)[O-])cc2)c1C. The summed E-state index contributed by atoms with van der Waals surface area (Å²) < 4.78 is 2.05. The molecule has 0 saturated carbocycles. The molecular formula is C16H16NO3-. The van der Waals surface area contributed by atoms with Crippen LogP contribution in [0.1, 0.15) is 44.6 Å². The fraction of sp³-hybridized carbons (Fsp3) is 0.250. The molecule has 0 aliphatic rings. The lowest BCUT2D eigenvalue weighted by Crippen LogP contribution is -2.22.